The van der Waals surface area contributed by atoms with Crippen LogP contribution in [-0.4, -0.2) is 22.5 Å². The highest BCUT2D eigenvalue weighted by molar-refractivity contribution is 9.11. The highest BCUT2D eigenvalue weighted by Crippen LogP contribution is 2.34. The number of ether oxygens (including phenoxy) is 1. The molecule has 0 bridgehead atoms. The van der Waals surface area contributed by atoms with Crippen molar-refractivity contribution in [1.82, 2.24) is 4.90 Å². The van der Waals surface area contributed by atoms with Crippen LogP contribution in [0.4, 0.5) is 4.79 Å². The molecule has 0 radical (unpaired) electrons. The fourth-order valence-corrected chi connectivity index (χ4v) is 3.13. The molecule has 2 rings (SSSR count). The maximum atomic E-state index is 12.0. The maximum Gasteiger partial charge on any atom is 0.417 e. The van der Waals surface area contributed by atoms with Crippen molar-refractivity contribution in [1.29, 1.82) is 0 Å². The lowest BCUT2D eigenvalue weighted by Gasteiger charge is -2.23. The third-order valence-corrected chi connectivity index (χ3v) is 3.83. The van der Waals surface area contributed by atoms with E-state index in [1.165, 1.54) is 11.3 Å². The SMILES string of the molecule is CC(C)(C)OC(=O)N1Cc2cc(Br)sc2C1=O. The minimum Gasteiger partial charge on any atom is -0.443 e. The molecule has 1 aromatic rings. The summed E-state index contributed by atoms with van der Waals surface area (Å²) in [5, 5.41) is 0. The molecule has 0 atom stereocenters. The van der Waals surface area contributed by atoms with Gasteiger partial charge in [0.2, 0.25) is 0 Å². The maximum absolute atomic E-state index is 12.0. The van der Waals surface area contributed by atoms with E-state index in [0.29, 0.717) is 11.4 Å². The molecule has 0 aliphatic carbocycles. The zero-order valence-corrected chi connectivity index (χ0v) is 12.1. The van der Waals surface area contributed by atoms with Crippen LogP contribution in [0.15, 0.2) is 9.85 Å². The number of hydrogen-bond acceptors (Lipinski definition) is 4. The second-order valence-corrected chi connectivity index (χ2v) is 7.21. The van der Waals surface area contributed by atoms with Crippen molar-refractivity contribution in [3.05, 3.63) is 20.3 Å². The van der Waals surface area contributed by atoms with Gasteiger partial charge in [-0.15, -0.1) is 11.3 Å². The summed E-state index contributed by atoms with van der Waals surface area (Å²) in [4.78, 5) is 25.5. The lowest BCUT2D eigenvalue weighted by molar-refractivity contribution is 0.0248. The van der Waals surface area contributed by atoms with E-state index in [4.69, 9.17) is 4.74 Å². The quantitative estimate of drug-likeness (QED) is 0.736. The van der Waals surface area contributed by atoms with Crippen molar-refractivity contribution in [2.75, 3.05) is 0 Å². The number of hydrogen-bond donors (Lipinski definition) is 0. The van der Waals surface area contributed by atoms with Crippen molar-refractivity contribution < 1.29 is 14.3 Å². The van der Waals surface area contributed by atoms with E-state index in [1.54, 1.807) is 20.8 Å². The lowest BCUT2D eigenvalue weighted by atomic mass is 10.2. The van der Waals surface area contributed by atoms with E-state index >= 15 is 0 Å². The Labute approximate surface area is 112 Å². The van der Waals surface area contributed by atoms with Crippen LogP contribution in [0.3, 0.4) is 0 Å². The van der Waals surface area contributed by atoms with Crippen LogP contribution in [-0.2, 0) is 11.3 Å². The largest absolute Gasteiger partial charge is 0.443 e. The van der Waals surface area contributed by atoms with Crippen molar-refractivity contribution in [3.63, 3.8) is 0 Å². The van der Waals surface area contributed by atoms with Crippen molar-refractivity contribution >= 4 is 39.3 Å². The number of fused-ring (bicyclic) bond motifs is 1. The highest BCUT2D eigenvalue weighted by atomic mass is 79.9. The molecule has 17 heavy (non-hydrogen) atoms. The summed E-state index contributed by atoms with van der Waals surface area (Å²) in [6, 6.07) is 1.86. The Morgan fingerprint density at radius 3 is 2.71 bits per heavy atom. The number of nitrogens with zero attached hydrogens (tertiary/aromatic N) is 1. The molecule has 1 aliphatic rings. The Morgan fingerprint density at radius 2 is 2.18 bits per heavy atom. The van der Waals surface area contributed by atoms with Gasteiger partial charge in [0, 0.05) is 0 Å². The zero-order chi connectivity index (χ0) is 12.8. The third kappa shape index (κ3) is 2.52. The average molecular weight is 318 g/mol. The number of thiophene rings is 1. The molecule has 0 saturated heterocycles. The molecule has 0 fully saturated rings. The van der Waals surface area contributed by atoms with E-state index in [2.05, 4.69) is 15.9 Å². The van der Waals surface area contributed by atoms with Crippen LogP contribution < -0.4 is 0 Å². The molecule has 0 unspecified atom stereocenters. The van der Waals surface area contributed by atoms with E-state index < -0.39 is 11.7 Å². The Kier molecular flexibility index (Phi) is 3.03. The Hall–Kier alpha value is -0.880. The van der Waals surface area contributed by atoms with Crippen LogP contribution in [0.5, 0.6) is 0 Å². The summed E-state index contributed by atoms with van der Waals surface area (Å²) in [6.45, 7) is 5.62. The summed E-state index contributed by atoms with van der Waals surface area (Å²) in [5.74, 6) is -0.273. The van der Waals surface area contributed by atoms with Gasteiger partial charge < -0.3 is 4.74 Å². The smallest absolute Gasteiger partial charge is 0.417 e. The minimum atomic E-state index is -0.589. The normalized spacial score (nSPS) is 15.1. The first kappa shape index (κ1) is 12.6. The molecule has 0 spiro atoms. The van der Waals surface area contributed by atoms with Crippen LogP contribution in [0.2, 0.25) is 0 Å². The second kappa shape index (κ2) is 4.10. The number of halogens is 1. The van der Waals surface area contributed by atoms with Crippen LogP contribution in [0.25, 0.3) is 0 Å². The highest BCUT2D eigenvalue weighted by Gasteiger charge is 2.36. The molecule has 1 aromatic heterocycles. The predicted molar refractivity (Wildman–Crippen MR) is 68.1 cm³/mol. The van der Waals surface area contributed by atoms with E-state index in [-0.39, 0.29) is 5.91 Å². The number of carbonyl (C=O) groups is 2. The minimum absolute atomic E-state index is 0.273. The Morgan fingerprint density at radius 1 is 1.53 bits per heavy atom. The molecule has 2 amide bonds. The van der Waals surface area contributed by atoms with Crippen LogP contribution in [0.1, 0.15) is 36.0 Å². The van der Waals surface area contributed by atoms with Gasteiger partial charge in [0.05, 0.1) is 15.2 Å². The van der Waals surface area contributed by atoms with Crippen LogP contribution in [0, 0.1) is 0 Å². The topological polar surface area (TPSA) is 46.6 Å². The molecular formula is C11H12BrNO3S. The molecule has 6 heteroatoms. The van der Waals surface area contributed by atoms with Gasteiger partial charge in [-0.2, -0.15) is 0 Å². The molecule has 1 aliphatic heterocycles. The van der Waals surface area contributed by atoms with Gasteiger partial charge in [-0.1, -0.05) is 0 Å². The van der Waals surface area contributed by atoms with Crippen LogP contribution >= 0.6 is 27.3 Å². The zero-order valence-electron chi connectivity index (χ0n) is 9.74. The summed E-state index contributed by atoms with van der Waals surface area (Å²) >= 11 is 4.66. The first-order valence-corrected chi connectivity index (χ1v) is 6.72. The van der Waals surface area contributed by atoms with E-state index in [1.807, 2.05) is 6.07 Å². The number of rotatable bonds is 0. The van der Waals surface area contributed by atoms with E-state index in [9.17, 15) is 9.59 Å². The van der Waals surface area contributed by atoms with Crippen molar-refractivity contribution in [2.45, 2.75) is 32.9 Å². The van der Waals surface area contributed by atoms with Gasteiger partial charge in [-0.3, -0.25) is 4.79 Å². The third-order valence-electron chi connectivity index (χ3n) is 2.16. The number of carbonyl (C=O) groups excluding carboxylic acids is 2. The summed E-state index contributed by atoms with van der Waals surface area (Å²) < 4.78 is 6.08. The summed E-state index contributed by atoms with van der Waals surface area (Å²) in [6.07, 6.45) is -0.581. The average Bonchev–Trinajstić information content (AvgIpc) is 2.63. The standard InChI is InChI=1S/C11H12BrNO3S/c1-11(2,3)16-10(15)13-5-6-4-7(12)17-8(6)9(13)14/h4H,5H2,1-3H3. The molecule has 0 N–H and O–H groups in total. The van der Waals surface area contributed by atoms with Gasteiger partial charge in [0.15, 0.2) is 0 Å². The first-order chi connectivity index (χ1) is 7.78. The fourth-order valence-electron chi connectivity index (χ4n) is 1.52. The van der Waals surface area contributed by atoms with Gasteiger partial charge in [0.1, 0.15) is 5.60 Å². The molecular weight excluding hydrogens is 306 g/mol. The summed E-state index contributed by atoms with van der Waals surface area (Å²) in [7, 11) is 0. The second-order valence-electron chi connectivity index (χ2n) is 4.78. The molecule has 0 saturated carbocycles. The van der Waals surface area contributed by atoms with Gasteiger partial charge >= 0.3 is 6.09 Å². The van der Waals surface area contributed by atoms with Crippen molar-refractivity contribution in [3.8, 4) is 0 Å². The fraction of sp³-hybridized carbons (Fsp3) is 0.455. The summed E-state index contributed by atoms with van der Waals surface area (Å²) in [5.41, 5.74) is 0.284. The molecule has 4 nitrogen and oxygen atoms in total. The Bertz CT molecular complexity index is 489. The monoisotopic (exact) mass is 317 g/mol. The first-order valence-electron chi connectivity index (χ1n) is 5.11. The lowest BCUT2D eigenvalue weighted by Crippen LogP contribution is -2.36. The van der Waals surface area contributed by atoms with E-state index in [0.717, 1.165) is 14.2 Å². The number of imide groups is 1. The van der Waals surface area contributed by atoms with Gasteiger partial charge in [0.25, 0.3) is 5.91 Å². The Balaban J connectivity index is 2.15. The molecule has 0 aromatic carbocycles. The molecule has 92 valence electrons. The van der Waals surface area contributed by atoms with Crippen molar-refractivity contribution in [2.24, 2.45) is 0 Å². The molecule has 2 heterocycles. The van der Waals surface area contributed by atoms with Gasteiger partial charge in [-0.25, -0.2) is 9.69 Å². The van der Waals surface area contributed by atoms with Gasteiger partial charge in [-0.05, 0) is 48.3 Å². The predicted octanol–water partition coefficient (Wildman–Crippen LogP) is 3.40. The number of amides is 2.